The lowest BCUT2D eigenvalue weighted by atomic mass is 10.0. The highest BCUT2D eigenvalue weighted by Gasteiger charge is 2.14. The Labute approximate surface area is 124 Å². The zero-order valence-corrected chi connectivity index (χ0v) is 12.7. The number of benzene rings is 2. The Morgan fingerprint density at radius 2 is 1.70 bits per heavy atom. The third kappa shape index (κ3) is 3.42. The van der Waals surface area contributed by atoms with Crippen molar-refractivity contribution in [3.63, 3.8) is 0 Å². The lowest BCUT2D eigenvalue weighted by molar-refractivity contribution is 0.103. The van der Waals surface area contributed by atoms with Crippen LogP contribution in [0, 0.1) is 0 Å². The molecule has 0 heterocycles. The van der Waals surface area contributed by atoms with Crippen molar-refractivity contribution in [3.8, 4) is 5.75 Å². The van der Waals surface area contributed by atoms with Gasteiger partial charge in [0.25, 0.3) is 0 Å². The van der Waals surface area contributed by atoms with Crippen molar-refractivity contribution in [3.05, 3.63) is 59.7 Å². The molecular formula is C17H18O2S. The van der Waals surface area contributed by atoms with Gasteiger partial charge in [-0.3, -0.25) is 4.79 Å². The maximum absolute atomic E-state index is 12.6. The normalized spacial score (nSPS) is 10.6. The molecule has 0 aliphatic heterocycles. The molecule has 0 spiro atoms. The standard InChI is InChI=1S/C17H18O2S/c1-12(2)19-16-7-5-4-6-15(16)17(18)13-8-10-14(20-3)11-9-13/h4-12H,1-3H3. The van der Waals surface area contributed by atoms with Crippen LogP contribution in [0.1, 0.15) is 29.8 Å². The van der Waals surface area contributed by atoms with Gasteiger partial charge in [0.05, 0.1) is 11.7 Å². The van der Waals surface area contributed by atoms with Crippen molar-refractivity contribution in [1.82, 2.24) is 0 Å². The Balaban J connectivity index is 2.32. The number of carbonyl (C=O) groups is 1. The number of hydrogen-bond donors (Lipinski definition) is 0. The molecule has 2 aromatic rings. The highest BCUT2D eigenvalue weighted by atomic mass is 32.2. The number of para-hydroxylation sites is 1. The van der Waals surface area contributed by atoms with Crippen molar-refractivity contribution in [2.24, 2.45) is 0 Å². The molecular weight excluding hydrogens is 268 g/mol. The first-order chi connectivity index (χ1) is 9.61. The number of thioether (sulfide) groups is 1. The fraction of sp³-hybridized carbons (Fsp3) is 0.235. The van der Waals surface area contributed by atoms with E-state index in [1.807, 2.05) is 68.6 Å². The first-order valence-electron chi connectivity index (χ1n) is 6.56. The SMILES string of the molecule is CSc1ccc(C(=O)c2ccccc2OC(C)C)cc1. The van der Waals surface area contributed by atoms with Crippen LogP contribution in [-0.2, 0) is 0 Å². The highest BCUT2D eigenvalue weighted by molar-refractivity contribution is 7.98. The summed E-state index contributed by atoms with van der Waals surface area (Å²) in [6, 6.07) is 15.0. The summed E-state index contributed by atoms with van der Waals surface area (Å²) in [5.41, 5.74) is 1.29. The molecule has 0 amide bonds. The molecule has 0 aliphatic carbocycles. The molecule has 0 saturated heterocycles. The van der Waals surface area contributed by atoms with E-state index in [-0.39, 0.29) is 11.9 Å². The fourth-order valence-corrected chi connectivity index (χ4v) is 2.32. The number of carbonyl (C=O) groups excluding carboxylic acids is 1. The molecule has 0 unspecified atom stereocenters. The first kappa shape index (κ1) is 14.7. The molecule has 2 aromatic carbocycles. The largest absolute Gasteiger partial charge is 0.490 e. The van der Waals surface area contributed by atoms with Crippen LogP contribution < -0.4 is 4.74 Å². The van der Waals surface area contributed by atoms with Crippen molar-refractivity contribution in [2.75, 3.05) is 6.26 Å². The molecule has 0 N–H and O–H groups in total. The van der Waals surface area contributed by atoms with Crippen molar-refractivity contribution < 1.29 is 9.53 Å². The summed E-state index contributed by atoms with van der Waals surface area (Å²) in [7, 11) is 0. The predicted octanol–water partition coefficient (Wildman–Crippen LogP) is 4.43. The highest BCUT2D eigenvalue weighted by Crippen LogP contribution is 2.23. The summed E-state index contributed by atoms with van der Waals surface area (Å²) >= 11 is 1.66. The minimum atomic E-state index is -0.00565. The van der Waals surface area contributed by atoms with E-state index in [0.717, 1.165) is 4.90 Å². The van der Waals surface area contributed by atoms with Gasteiger partial charge in [-0.15, -0.1) is 11.8 Å². The van der Waals surface area contributed by atoms with Crippen LogP contribution in [-0.4, -0.2) is 18.1 Å². The second-order valence-corrected chi connectivity index (χ2v) is 5.60. The number of hydrogen-bond acceptors (Lipinski definition) is 3. The van der Waals surface area contributed by atoms with Gasteiger partial charge in [0.2, 0.25) is 0 Å². The van der Waals surface area contributed by atoms with Crippen LogP contribution in [0.25, 0.3) is 0 Å². The van der Waals surface area contributed by atoms with Gasteiger partial charge in [-0.1, -0.05) is 12.1 Å². The van der Waals surface area contributed by atoms with E-state index in [9.17, 15) is 4.79 Å². The van der Waals surface area contributed by atoms with Gasteiger partial charge in [-0.25, -0.2) is 0 Å². The minimum Gasteiger partial charge on any atom is -0.490 e. The average Bonchev–Trinajstić information content (AvgIpc) is 2.46. The van der Waals surface area contributed by atoms with Crippen LogP contribution in [0.15, 0.2) is 53.4 Å². The van der Waals surface area contributed by atoms with Gasteiger partial charge in [0, 0.05) is 10.5 Å². The molecule has 0 fully saturated rings. The van der Waals surface area contributed by atoms with E-state index in [0.29, 0.717) is 16.9 Å². The predicted molar refractivity (Wildman–Crippen MR) is 83.9 cm³/mol. The zero-order valence-electron chi connectivity index (χ0n) is 11.9. The summed E-state index contributed by atoms with van der Waals surface area (Å²) in [6.45, 7) is 3.91. The monoisotopic (exact) mass is 286 g/mol. The summed E-state index contributed by atoms with van der Waals surface area (Å²) in [5, 5.41) is 0. The van der Waals surface area contributed by atoms with Crippen molar-refractivity contribution in [2.45, 2.75) is 24.8 Å². The Morgan fingerprint density at radius 3 is 2.30 bits per heavy atom. The lowest BCUT2D eigenvalue weighted by Gasteiger charge is -2.13. The van der Waals surface area contributed by atoms with Crippen LogP contribution in [0.5, 0.6) is 5.75 Å². The van der Waals surface area contributed by atoms with Gasteiger partial charge in [-0.2, -0.15) is 0 Å². The van der Waals surface area contributed by atoms with Crippen molar-refractivity contribution >= 4 is 17.5 Å². The third-order valence-electron chi connectivity index (χ3n) is 2.85. The number of ether oxygens (including phenoxy) is 1. The molecule has 0 aliphatic rings. The van der Waals surface area contributed by atoms with Crippen LogP contribution >= 0.6 is 11.8 Å². The molecule has 3 heteroatoms. The molecule has 0 atom stereocenters. The summed E-state index contributed by atoms with van der Waals surface area (Å²) < 4.78 is 5.71. The van der Waals surface area contributed by atoms with Gasteiger partial charge >= 0.3 is 0 Å². The van der Waals surface area contributed by atoms with Gasteiger partial charge in [0.15, 0.2) is 5.78 Å². The van der Waals surface area contributed by atoms with E-state index in [1.54, 1.807) is 11.8 Å². The van der Waals surface area contributed by atoms with Crippen molar-refractivity contribution in [1.29, 1.82) is 0 Å². The smallest absolute Gasteiger partial charge is 0.196 e. The quantitative estimate of drug-likeness (QED) is 0.601. The minimum absolute atomic E-state index is 0.00565. The van der Waals surface area contributed by atoms with Gasteiger partial charge < -0.3 is 4.74 Å². The third-order valence-corrected chi connectivity index (χ3v) is 3.59. The van der Waals surface area contributed by atoms with Crippen LogP contribution in [0.2, 0.25) is 0 Å². The van der Waals surface area contributed by atoms with Gasteiger partial charge in [-0.05, 0) is 56.5 Å². The Kier molecular flexibility index (Phi) is 4.85. The molecule has 0 saturated carbocycles. The number of ketones is 1. The van der Waals surface area contributed by atoms with Crippen LogP contribution in [0.4, 0.5) is 0 Å². The second-order valence-electron chi connectivity index (χ2n) is 4.72. The maximum atomic E-state index is 12.6. The Morgan fingerprint density at radius 1 is 1.05 bits per heavy atom. The molecule has 20 heavy (non-hydrogen) atoms. The number of rotatable bonds is 5. The summed E-state index contributed by atoms with van der Waals surface area (Å²) in [5.74, 6) is 0.635. The van der Waals surface area contributed by atoms with E-state index in [4.69, 9.17) is 4.74 Å². The molecule has 2 nitrogen and oxygen atoms in total. The first-order valence-corrected chi connectivity index (χ1v) is 7.78. The Hall–Kier alpha value is -1.74. The molecule has 2 rings (SSSR count). The molecule has 0 radical (unpaired) electrons. The summed E-state index contributed by atoms with van der Waals surface area (Å²) in [6.07, 6.45) is 2.06. The maximum Gasteiger partial charge on any atom is 0.196 e. The van der Waals surface area contributed by atoms with E-state index in [1.165, 1.54) is 0 Å². The topological polar surface area (TPSA) is 26.3 Å². The van der Waals surface area contributed by atoms with E-state index < -0.39 is 0 Å². The Bertz CT molecular complexity index is 588. The van der Waals surface area contributed by atoms with Gasteiger partial charge in [0.1, 0.15) is 5.75 Å². The lowest BCUT2D eigenvalue weighted by Crippen LogP contribution is -2.10. The van der Waals surface area contributed by atoms with E-state index >= 15 is 0 Å². The summed E-state index contributed by atoms with van der Waals surface area (Å²) in [4.78, 5) is 13.7. The molecule has 0 aromatic heterocycles. The zero-order chi connectivity index (χ0) is 14.5. The fourth-order valence-electron chi connectivity index (χ4n) is 1.91. The average molecular weight is 286 g/mol. The molecule has 104 valence electrons. The second kappa shape index (κ2) is 6.62. The molecule has 0 bridgehead atoms. The van der Waals surface area contributed by atoms with Crippen LogP contribution in [0.3, 0.4) is 0 Å². The van der Waals surface area contributed by atoms with E-state index in [2.05, 4.69) is 0 Å².